The minimum absolute atomic E-state index is 0.912. The van der Waals surface area contributed by atoms with Crippen molar-refractivity contribution in [3.63, 3.8) is 0 Å². The van der Waals surface area contributed by atoms with E-state index in [1.165, 1.54) is 0 Å². The van der Waals surface area contributed by atoms with Gasteiger partial charge in [0, 0.05) is 10.5 Å². The zero-order valence-corrected chi connectivity index (χ0v) is 5.60. The van der Waals surface area contributed by atoms with Crippen molar-refractivity contribution in [1.82, 2.24) is 0 Å². The van der Waals surface area contributed by atoms with E-state index in [2.05, 4.69) is 13.8 Å². The molecule has 0 bridgehead atoms. The summed E-state index contributed by atoms with van der Waals surface area (Å²) in [5.41, 5.74) is 0. The third-order valence-electron chi connectivity index (χ3n) is 1.02. The Kier molecular flexibility index (Phi) is 1.34. The van der Waals surface area contributed by atoms with Crippen LogP contribution in [0.2, 0.25) is 0 Å². The number of hydrogen-bond donors (Lipinski definition) is 0. The number of hydrogen-bond acceptors (Lipinski definition) is 2. The Morgan fingerprint density at radius 1 is 1.00 bits per heavy atom. The largest absolute Gasteiger partial charge is 0.0895 e. The Morgan fingerprint density at radius 3 is 1.33 bits per heavy atom. The molecule has 0 aliphatic carbocycles. The van der Waals surface area contributed by atoms with Crippen molar-refractivity contribution in [2.24, 2.45) is 0 Å². The average molecular weight is 120 g/mol. The molecule has 0 radical (unpaired) electrons. The summed E-state index contributed by atoms with van der Waals surface area (Å²) in [6.45, 7) is 4.54. The molecule has 2 atom stereocenters. The molecule has 6 heavy (non-hydrogen) atoms. The van der Waals surface area contributed by atoms with Gasteiger partial charge in [-0.25, -0.2) is 0 Å². The van der Waals surface area contributed by atoms with Crippen molar-refractivity contribution in [2.75, 3.05) is 0 Å². The molecule has 1 fully saturated rings. The molecule has 0 aromatic heterocycles. The summed E-state index contributed by atoms with van der Waals surface area (Å²) in [5.74, 6) is 0. The smallest absolute Gasteiger partial charge is 0.0247 e. The Morgan fingerprint density at radius 2 is 1.33 bits per heavy atom. The predicted molar refractivity (Wildman–Crippen MR) is 34.1 cm³/mol. The maximum absolute atomic E-state index is 2.27. The first-order valence-corrected chi connectivity index (χ1v) is 4.40. The Hall–Kier alpha value is 0.700. The highest BCUT2D eigenvalue weighted by Gasteiger charge is 2.23. The topological polar surface area (TPSA) is 0 Å². The van der Waals surface area contributed by atoms with Gasteiger partial charge in [0.25, 0.3) is 0 Å². The molecule has 1 rings (SSSR count). The first-order chi connectivity index (χ1) is 2.80. The van der Waals surface area contributed by atoms with Gasteiger partial charge in [-0.2, -0.15) is 0 Å². The third kappa shape index (κ3) is 0.684. The van der Waals surface area contributed by atoms with Gasteiger partial charge in [0.15, 0.2) is 0 Å². The van der Waals surface area contributed by atoms with Gasteiger partial charge in [-0.15, -0.1) is 0 Å². The van der Waals surface area contributed by atoms with Crippen LogP contribution >= 0.6 is 21.6 Å². The molecule has 1 heterocycles. The standard InChI is InChI=1S/C4H8S2/c1-3-4(2)6-5-3/h3-4H,1-2H3. The van der Waals surface area contributed by atoms with E-state index < -0.39 is 0 Å². The third-order valence-corrected chi connectivity index (χ3v) is 4.88. The van der Waals surface area contributed by atoms with Crippen molar-refractivity contribution >= 4 is 21.6 Å². The van der Waals surface area contributed by atoms with Gasteiger partial charge in [0.1, 0.15) is 0 Å². The SMILES string of the molecule is CC1SSC1C. The molecule has 0 aromatic carbocycles. The summed E-state index contributed by atoms with van der Waals surface area (Å²) in [5, 5.41) is 1.82. The Bertz CT molecular complexity index is 45.5. The van der Waals surface area contributed by atoms with Crippen LogP contribution in [0.3, 0.4) is 0 Å². The maximum Gasteiger partial charge on any atom is 0.0247 e. The van der Waals surface area contributed by atoms with E-state index in [-0.39, 0.29) is 0 Å². The second-order valence-electron chi connectivity index (χ2n) is 1.60. The molecule has 2 unspecified atom stereocenters. The van der Waals surface area contributed by atoms with Gasteiger partial charge >= 0.3 is 0 Å². The van der Waals surface area contributed by atoms with Crippen molar-refractivity contribution < 1.29 is 0 Å². The summed E-state index contributed by atoms with van der Waals surface area (Å²) < 4.78 is 0. The van der Waals surface area contributed by atoms with E-state index >= 15 is 0 Å². The molecule has 0 spiro atoms. The Balaban J connectivity index is 2.20. The minimum Gasteiger partial charge on any atom is -0.0895 e. The van der Waals surface area contributed by atoms with Crippen LogP contribution in [-0.4, -0.2) is 10.5 Å². The van der Waals surface area contributed by atoms with Gasteiger partial charge in [-0.05, 0) is 0 Å². The van der Waals surface area contributed by atoms with Gasteiger partial charge < -0.3 is 0 Å². The fourth-order valence-electron chi connectivity index (χ4n) is 0.278. The molecule has 0 N–H and O–H groups in total. The van der Waals surface area contributed by atoms with Crippen molar-refractivity contribution in [3.05, 3.63) is 0 Å². The van der Waals surface area contributed by atoms with Crippen LogP contribution in [0.4, 0.5) is 0 Å². The van der Waals surface area contributed by atoms with Gasteiger partial charge in [-0.3, -0.25) is 0 Å². The first-order valence-electron chi connectivity index (χ1n) is 2.13. The molecular weight excluding hydrogens is 112 g/mol. The molecule has 1 aliphatic rings. The van der Waals surface area contributed by atoms with Crippen molar-refractivity contribution in [2.45, 2.75) is 24.3 Å². The van der Waals surface area contributed by atoms with Crippen LogP contribution in [-0.2, 0) is 0 Å². The number of rotatable bonds is 0. The quantitative estimate of drug-likeness (QED) is 0.449. The van der Waals surface area contributed by atoms with Crippen LogP contribution in [0.1, 0.15) is 13.8 Å². The van der Waals surface area contributed by atoms with E-state index in [9.17, 15) is 0 Å². The highest BCUT2D eigenvalue weighted by molar-refractivity contribution is 8.80. The van der Waals surface area contributed by atoms with Crippen LogP contribution in [0.15, 0.2) is 0 Å². The zero-order chi connectivity index (χ0) is 4.57. The lowest BCUT2D eigenvalue weighted by Crippen LogP contribution is -2.18. The summed E-state index contributed by atoms with van der Waals surface area (Å²) in [7, 11) is 3.97. The molecule has 0 saturated carbocycles. The van der Waals surface area contributed by atoms with Crippen LogP contribution < -0.4 is 0 Å². The monoisotopic (exact) mass is 120 g/mol. The second-order valence-corrected chi connectivity index (χ2v) is 4.63. The van der Waals surface area contributed by atoms with E-state index in [0.29, 0.717) is 0 Å². The van der Waals surface area contributed by atoms with E-state index in [1.807, 2.05) is 21.6 Å². The first kappa shape index (κ1) is 4.85. The summed E-state index contributed by atoms with van der Waals surface area (Å²) in [6, 6.07) is 0. The molecule has 36 valence electrons. The average Bonchev–Trinajstić information content (AvgIpc) is 1.61. The van der Waals surface area contributed by atoms with E-state index in [4.69, 9.17) is 0 Å². The lowest BCUT2D eigenvalue weighted by atomic mass is 10.4. The molecule has 1 saturated heterocycles. The van der Waals surface area contributed by atoms with Crippen LogP contribution in [0, 0.1) is 0 Å². The zero-order valence-electron chi connectivity index (χ0n) is 3.97. The summed E-state index contributed by atoms with van der Waals surface area (Å²) in [4.78, 5) is 0. The van der Waals surface area contributed by atoms with E-state index in [1.54, 1.807) is 0 Å². The fourth-order valence-corrected chi connectivity index (χ4v) is 2.50. The predicted octanol–water partition coefficient (Wildman–Crippen LogP) is 2.16. The van der Waals surface area contributed by atoms with Crippen molar-refractivity contribution in [3.8, 4) is 0 Å². The van der Waals surface area contributed by atoms with Crippen molar-refractivity contribution in [1.29, 1.82) is 0 Å². The molecule has 0 nitrogen and oxygen atoms in total. The van der Waals surface area contributed by atoms with Gasteiger partial charge in [0.05, 0.1) is 0 Å². The highest BCUT2D eigenvalue weighted by Crippen LogP contribution is 2.46. The molecule has 2 heteroatoms. The lowest BCUT2D eigenvalue weighted by molar-refractivity contribution is 0.923. The summed E-state index contributed by atoms with van der Waals surface area (Å²) >= 11 is 0. The van der Waals surface area contributed by atoms with Gasteiger partial charge in [0.2, 0.25) is 0 Å². The molecular formula is C4H8S2. The lowest BCUT2D eigenvalue weighted by Gasteiger charge is -2.27. The van der Waals surface area contributed by atoms with Crippen LogP contribution in [0.5, 0.6) is 0 Å². The summed E-state index contributed by atoms with van der Waals surface area (Å²) in [6.07, 6.45) is 0. The maximum atomic E-state index is 2.27. The highest BCUT2D eigenvalue weighted by atomic mass is 33.1. The van der Waals surface area contributed by atoms with Gasteiger partial charge in [-0.1, -0.05) is 35.4 Å². The molecule has 1 aliphatic heterocycles. The van der Waals surface area contributed by atoms with E-state index in [0.717, 1.165) is 10.5 Å². The molecule has 0 aromatic rings. The Labute approximate surface area is 46.5 Å². The normalized spacial score (nSPS) is 45.0. The fraction of sp³-hybridized carbons (Fsp3) is 1.00. The molecule has 0 amide bonds. The second kappa shape index (κ2) is 1.66. The van der Waals surface area contributed by atoms with Crippen LogP contribution in [0.25, 0.3) is 0 Å². The minimum atomic E-state index is 0.912.